The summed E-state index contributed by atoms with van der Waals surface area (Å²) in [4.78, 5) is 8.25. The Labute approximate surface area is 113 Å². The largest absolute Gasteiger partial charge is 3.00 e. The predicted octanol–water partition coefficient (Wildman–Crippen LogP) is 2.39. The molecule has 0 aliphatic rings. The van der Waals surface area contributed by atoms with Crippen LogP contribution in [0.5, 0.6) is 0 Å². The molecule has 0 radical (unpaired) electrons. The zero-order valence-electron chi connectivity index (χ0n) is 8.24. The third-order valence-electron chi connectivity index (χ3n) is 1.81. The van der Waals surface area contributed by atoms with E-state index in [-0.39, 0.29) is 38.5 Å². The molecule has 1 aromatic carbocycles. The molecule has 0 saturated carbocycles. The maximum atomic E-state index is 12.6. The molecule has 4 heteroatoms. The fourth-order valence-corrected chi connectivity index (χ4v) is 1.09. The van der Waals surface area contributed by atoms with Crippen LogP contribution in [0.1, 0.15) is 5.56 Å². The van der Waals surface area contributed by atoms with E-state index < -0.39 is 0 Å². The van der Waals surface area contributed by atoms with Crippen molar-refractivity contribution >= 4 is 0 Å². The van der Waals surface area contributed by atoms with E-state index in [1.165, 1.54) is 6.07 Å². The van der Waals surface area contributed by atoms with Crippen LogP contribution >= 0.6 is 0 Å². The molecule has 2 rings (SSSR count). The topological polar surface area (TPSA) is 25.8 Å². The molecule has 1 heterocycles. The van der Waals surface area contributed by atoms with Gasteiger partial charge in [-0.1, -0.05) is 5.56 Å². The van der Waals surface area contributed by atoms with E-state index in [0.717, 1.165) is 11.1 Å². The second-order valence-electron chi connectivity index (χ2n) is 3.01. The first-order valence-corrected chi connectivity index (χ1v) is 4.22. The number of rotatable bonds is 1. The van der Waals surface area contributed by atoms with Crippen molar-refractivity contribution in [3.05, 3.63) is 48.0 Å². The van der Waals surface area contributed by atoms with Crippen molar-refractivity contribution in [1.82, 2.24) is 9.97 Å². The van der Waals surface area contributed by atoms with Crippen molar-refractivity contribution in [2.75, 3.05) is 0 Å². The van der Waals surface area contributed by atoms with Crippen molar-refractivity contribution in [1.29, 1.82) is 0 Å². The van der Waals surface area contributed by atoms with E-state index in [0.29, 0.717) is 5.82 Å². The minimum atomic E-state index is -0.374. The number of hydrogen-bond acceptors (Lipinski definition) is 2. The van der Waals surface area contributed by atoms with Crippen molar-refractivity contribution in [2.45, 2.75) is 6.92 Å². The van der Waals surface area contributed by atoms with Gasteiger partial charge in [-0.3, -0.25) is 0 Å². The van der Waals surface area contributed by atoms with Crippen LogP contribution in [-0.4, -0.2) is 9.97 Å². The average Bonchev–Trinajstić information content (AvgIpc) is 2.21. The fourth-order valence-electron chi connectivity index (χ4n) is 1.09. The normalized spacial score (nSPS) is 9.47. The summed E-state index contributed by atoms with van der Waals surface area (Å²) in [5.41, 5.74) is 1.77. The molecule has 0 amide bonds. The first-order chi connectivity index (χ1) is 6.75. The molecule has 0 spiro atoms. The number of aryl methyl sites for hydroxylation is 1. The Kier molecular flexibility index (Phi) is 4.49. The smallest absolute Gasteiger partial charge is 0.249 e. The summed E-state index contributed by atoms with van der Waals surface area (Å²) in [5, 5.41) is 0. The average molecular weight is 276 g/mol. The summed E-state index contributed by atoms with van der Waals surface area (Å²) >= 11 is 0. The van der Waals surface area contributed by atoms with Crippen LogP contribution in [0.3, 0.4) is 0 Å². The Bertz CT molecular complexity index is 382. The number of aromatic nitrogens is 2. The Balaban J connectivity index is 0.00000112. The molecule has 2 aromatic rings. The van der Waals surface area contributed by atoms with Crippen LogP contribution < -0.4 is 0 Å². The van der Waals surface area contributed by atoms with Gasteiger partial charge in [0.25, 0.3) is 0 Å². The number of halogens is 1. The van der Waals surface area contributed by atoms with E-state index in [1.807, 2.05) is 6.92 Å². The van der Waals surface area contributed by atoms with Crippen LogP contribution in [0.15, 0.2) is 30.6 Å². The van der Waals surface area contributed by atoms with Gasteiger partial charge >= 0.3 is 32.7 Å². The summed E-state index contributed by atoms with van der Waals surface area (Å²) in [5.74, 6) is 0.215. The predicted molar refractivity (Wildman–Crippen MR) is 51.0 cm³/mol. The standard InChI is InChI=1S/C11H8FN2.Y/c1-8-6-13-11(14-7-8)9-2-4-10(12)5-3-9;/h2-4,6-7H,1H3;/q-1;+3. The third kappa shape index (κ3) is 3.15. The minimum absolute atomic E-state index is 0. The molecule has 0 aliphatic heterocycles. The monoisotopic (exact) mass is 276 g/mol. The maximum absolute atomic E-state index is 12.6. The molecule has 0 atom stereocenters. The number of benzene rings is 1. The van der Waals surface area contributed by atoms with Gasteiger partial charge in [0.15, 0.2) is 0 Å². The first-order valence-electron chi connectivity index (χ1n) is 4.22. The maximum Gasteiger partial charge on any atom is 3.00 e. The van der Waals surface area contributed by atoms with Crippen molar-refractivity contribution < 1.29 is 37.1 Å². The van der Waals surface area contributed by atoms with Gasteiger partial charge < -0.3 is 0 Å². The Morgan fingerprint density at radius 1 is 1.20 bits per heavy atom. The summed E-state index contributed by atoms with van der Waals surface area (Å²) < 4.78 is 12.6. The molecule has 0 unspecified atom stereocenters. The zero-order valence-corrected chi connectivity index (χ0v) is 11.1. The van der Waals surface area contributed by atoms with E-state index in [9.17, 15) is 4.39 Å². The Morgan fingerprint density at radius 2 is 1.87 bits per heavy atom. The summed E-state index contributed by atoms with van der Waals surface area (Å²) in [7, 11) is 0. The van der Waals surface area contributed by atoms with Gasteiger partial charge in [0.1, 0.15) is 5.82 Å². The van der Waals surface area contributed by atoms with Gasteiger partial charge in [0.05, 0.1) is 0 Å². The molecular formula is C11H8FN2Y+2. The van der Waals surface area contributed by atoms with Gasteiger partial charge in [-0.2, -0.15) is 12.1 Å². The molecule has 0 saturated heterocycles. The van der Waals surface area contributed by atoms with Crippen LogP contribution in [0.25, 0.3) is 11.4 Å². The zero-order chi connectivity index (χ0) is 9.97. The SMILES string of the molecule is Cc1cnc(-c2c[c-]c(F)cc2)nc1.[Y+3]. The second kappa shape index (κ2) is 5.43. The van der Waals surface area contributed by atoms with Gasteiger partial charge in [-0.15, -0.1) is 12.1 Å². The van der Waals surface area contributed by atoms with E-state index in [1.54, 1.807) is 24.5 Å². The molecule has 15 heavy (non-hydrogen) atoms. The quantitative estimate of drug-likeness (QED) is 0.747. The van der Waals surface area contributed by atoms with Gasteiger partial charge in [-0.25, -0.2) is 14.4 Å². The molecule has 0 N–H and O–H groups in total. The van der Waals surface area contributed by atoms with Crippen LogP contribution in [0.4, 0.5) is 4.39 Å². The number of hydrogen-bond donors (Lipinski definition) is 0. The van der Waals surface area contributed by atoms with Crippen LogP contribution in [-0.2, 0) is 32.7 Å². The Morgan fingerprint density at radius 3 is 2.40 bits per heavy atom. The van der Waals surface area contributed by atoms with Crippen LogP contribution in [0.2, 0.25) is 0 Å². The molecule has 0 aliphatic carbocycles. The van der Waals surface area contributed by atoms with Gasteiger partial charge in [0, 0.05) is 18.2 Å². The van der Waals surface area contributed by atoms with E-state index >= 15 is 0 Å². The molecular weight excluding hydrogens is 268 g/mol. The van der Waals surface area contributed by atoms with Gasteiger partial charge in [-0.05, 0) is 12.5 Å². The molecule has 1 aromatic heterocycles. The summed E-state index contributed by atoms with van der Waals surface area (Å²) in [6.45, 7) is 1.92. The minimum Gasteiger partial charge on any atom is -0.249 e. The summed E-state index contributed by atoms with van der Waals surface area (Å²) in [6, 6.07) is 6.99. The fraction of sp³-hybridized carbons (Fsp3) is 0.0909. The van der Waals surface area contributed by atoms with Gasteiger partial charge in [0.2, 0.25) is 0 Å². The molecule has 2 nitrogen and oxygen atoms in total. The van der Waals surface area contributed by atoms with E-state index in [4.69, 9.17) is 0 Å². The van der Waals surface area contributed by atoms with Crippen molar-refractivity contribution in [3.63, 3.8) is 0 Å². The number of nitrogens with zero attached hydrogens (tertiary/aromatic N) is 2. The molecule has 70 valence electrons. The van der Waals surface area contributed by atoms with Crippen LogP contribution in [0, 0.1) is 18.8 Å². The molecule has 0 bridgehead atoms. The van der Waals surface area contributed by atoms with Crippen molar-refractivity contribution in [2.24, 2.45) is 0 Å². The first kappa shape index (κ1) is 12.4. The van der Waals surface area contributed by atoms with E-state index in [2.05, 4.69) is 16.0 Å². The third-order valence-corrected chi connectivity index (χ3v) is 1.81. The second-order valence-corrected chi connectivity index (χ2v) is 3.01. The molecule has 0 fully saturated rings. The summed E-state index contributed by atoms with van der Waals surface area (Å²) in [6.07, 6.45) is 3.46. The van der Waals surface area contributed by atoms with Crippen molar-refractivity contribution in [3.8, 4) is 11.4 Å². The Hall–Kier alpha value is -0.666.